The van der Waals surface area contributed by atoms with Gasteiger partial charge in [0.15, 0.2) is 5.75 Å². The van der Waals surface area contributed by atoms with Crippen LogP contribution in [0.1, 0.15) is 26.5 Å². The van der Waals surface area contributed by atoms with E-state index in [4.69, 9.17) is 4.74 Å². The Hall–Kier alpha value is -1.88. The summed E-state index contributed by atoms with van der Waals surface area (Å²) in [7, 11) is 1.86. The first-order valence-corrected chi connectivity index (χ1v) is 6.29. The van der Waals surface area contributed by atoms with Crippen LogP contribution in [0.2, 0.25) is 0 Å². The molecular weight excluding hydrogens is 240 g/mol. The Labute approximate surface area is 113 Å². The summed E-state index contributed by atoms with van der Waals surface area (Å²) in [6, 6.07) is 3.78. The second-order valence-corrected chi connectivity index (χ2v) is 5.54. The Bertz CT molecular complexity index is 542. The molecule has 1 N–H and O–H groups in total. The molecule has 0 bridgehead atoms. The Morgan fingerprint density at radius 1 is 1.32 bits per heavy atom. The van der Waals surface area contributed by atoms with Crippen LogP contribution in [0, 0.1) is 0 Å². The molecule has 2 aromatic heterocycles. The van der Waals surface area contributed by atoms with Crippen molar-refractivity contribution in [3.8, 4) is 11.5 Å². The van der Waals surface area contributed by atoms with Gasteiger partial charge in [-0.1, -0.05) is 0 Å². The lowest BCUT2D eigenvalue weighted by molar-refractivity contribution is 0.419. The predicted molar refractivity (Wildman–Crippen MR) is 74.1 cm³/mol. The number of aromatic nitrogens is 3. The fourth-order valence-corrected chi connectivity index (χ4v) is 1.56. The lowest BCUT2D eigenvalue weighted by Gasteiger charge is -2.20. The van der Waals surface area contributed by atoms with Crippen LogP contribution in [-0.2, 0) is 13.6 Å². The molecule has 0 aromatic carbocycles. The standard InChI is InChI=1S/C14H20N4O/c1-14(2,3)16-8-11-7-12(5-6-15-11)19-13-9-17-18(4)10-13/h5-7,9-10,16H,8H2,1-4H3. The zero-order chi connectivity index (χ0) is 13.9. The van der Waals surface area contributed by atoms with Crippen LogP contribution in [0.25, 0.3) is 0 Å². The van der Waals surface area contributed by atoms with Crippen LogP contribution in [0.5, 0.6) is 11.5 Å². The third kappa shape index (κ3) is 4.37. The number of nitrogens with zero attached hydrogens (tertiary/aromatic N) is 3. The fraction of sp³-hybridized carbons (Fsp3) is 0.429. The molecular formula is C14H20N4O. The molecule has 2 heterocycles. The van der Waals surface area contributed by atoms with Crippen molar-refractivity contribution in [2.24, 2.45) is 7.05 Å². The molecule has 0 aliphatic rings. The van der Waals surface area contributed by atoms with Crippen molar-refractivity contribution in [2.45, 2.75) is 32.9 Å². The van der Waals surface area contributed by atoms with Gasteiger partial charge in [-0.3, -0.25) is 9.67 Å². The summed E-state index contributed by atoms with van der Waals surface area (Å²) in [5.74, 6) is 1.50. The van der Waals surface area contributed by atoms with Crippen LogP contribution >= 0.6 is 0 Å². The van der Waals surface area contributed by atoms with Crippen molar-refractivity contribution >= 4 is 0 Å². The highest BCUT2D eigenvalue weighted by Gasteiger charge is 2.09. The highest BCUT2D eigenvalue weighted by Crippen LogP contribution is 2.20. The normalized spacial score (nSPS) is 11.6. The molecule has 0 saturated carbocycles. The van der Waals surface area contributed by atoms with E-state index in [-0.39, 0.29) is 5.54 Å². The van der Waals surface area contributed by atoms with E-state index in [0.29, 0.717) is 6.54 Å². The average molecular weight is 260 g/mol. The van der Waals surface area contributed by atoms with E-state index >= 15 is 0 Å². The van der Waals surface area contributed by atoms with Gasteiger partial charge in [0.05, 0.1) is 18.1 Å². The van der Waals surface area contributed by atoms with Gasteiger partial charge in [-0.2, -0.15) is 5.10 Å². The molecule has 102 valence electrons. The second-order valence-electron chi connectivity index (χ2n) is 5.54. The summed E-state index contributed by atoms with van der Waals surface area (Å²) in [5.41, 5.74) is 1.03. The van der Waals surface area contributed by atoms with Gasteiger partial charge in [-0.25, -0.2) is 0 Å². The van der Waals surface area contributed by atoms with Crippen molar-refractivity contribution in [1.29, 1.82) is 0 Å². The SMILES string of the molecule is Cn1cc(Oc2ccnc(CNC(C)(C)C)c2)cn1. The maximum absolute atomic E-state index is 5.72. The Kier molecular flexibility index (Phi) is 3.85. The molecule has 19 heavy (non-hydrogen) atoms. The molecule has 0 aliphatic heterocycles. The van der Waals surface area contributed by atoms with Crippen LogP contribution in [-0.4, -0.2) is 20.3 Å². The van der Waals surface area contributed by atoms with Crippen LogP contribution in [0.3, 0.4) is 0 Å². The van der Waals surface area contributed by atoms with E-state index in [2.05, 4.69) is 36.2 Å². The maximum Gasteiger partial charge on any atom is 0.165 e. The average Bonchev–Trinajstić information content (AvgIpc) is 2.72. The molecule has 0 unspecified atom stereocenters. The van der Waals surface area contributed by atoms with Gasteiger partial charge in [0.1, 0.15) is 5.75 Å². The third-order valence-corrected chi connectivity index (χ3v) is 2.50. The van der Waals surface area contributed by atoms with Crippen molar-refractivity contribution < 1.29 is 4.74 Å². The molecule has 2 aromatic rings. The molecule has 0 spiro atoms. The first-order chi connectivity index (χ1) is 8.92. The molecule has 0 aliphatic carbocycles. The molecule has 0 radical (unpaired) electrons. The molecule has 0 fully saturated rings. The Morgan fingerprint density at radius 2 is 2.11 bits per heavy atom. The van der Waals surface area contributed by atoms with Gasteiger partial charge in [0.25, 0.3) is 0 Å². The Balaban J connectivity index is 2.02. The third-order valence-electron chi connectivity index (χ3n) is 2.50. The van der Waals surface area contributed by atoms with Crippen molar-refractivity contribution in [3.63, 3.8) is 0 Å². The number of hydrogen-bond donors (Lipinski definition) is 1. The van der Waals surface area contributed by atoms with Gasteiger partial charge in [0.2, 0.25) is 0 Å². The van der Waals surface area contributed by atoms with Crippen molar-refractivity contribution in [3.05, 3.63) is 36.4 Å². The first kappa shape index (κ1) is 13.5. The quantitative estimate of drug-likeness (QED) is 0.917. The van der Waals surface area contributed by atoms with Gasteiger partial charge >= 0.3 is 0 Å². The largest absolute Gasteiger partial charge is 0.454 e. The topological polar surface area (TPSA) is 52.0 Å². The zero-order valence-corrected chi connectivity index (χ0v) is 11.8. The van der Waals surface area contributed by atoms with Gasteiger partial charge < -0.3 is 10.1 Å². The van der Waals surface area contributed by atoms with E-state index in [1.165, 1.54) is 0 Å². The summed E-state index contributed by atoms with van der Waals surface area (Å²) >= 11 is 0. The summed E-state index contributed by atoms with van der Waals surface area (Å²) in [6.07, 6.45) is 5.27. The van der Waals surface area contributed by atoms with E-state index in [1.807, 2.05) is 25.4 Å². The zero-order valence-electron chi connectivity index (χ0n) is 11.8. The van der Waals surface area contributed by atoms with E-state index < -0.39 is 0 Å². The van der Waals surface area contributed by atoms with Crippen molar-refractivity contribution in [2.75, 3.05) is 0 Å². The molecule has 5 nitrogen and oxygen atoms in total. The maximum atomic E-state index is 5.72. The summed E-state index contributed by atoms with van der Waals surface area (Å²) in [5, 5.41) is 7.47. The van der Waals surface area contributed by atoms with Crippen LogP contribution in [0.4, 0.5) is 0 Å². The lowest BCUT2D eigenvalue weighted by atomic mass is 10.1. The van der Waals surface area contributed by atoms with Crippen LogP contribution < -0.4 is 10.1 Å². The number of ether oxygens (including phenoxy) is 1. The van der Waals surface area contributed by atoms with E-state index in [1.54, 1.807) is 17.1 Å². The van der Waals surface area contributed by atoms with E-state index in [9.17, 15) is 0 Å². The second kappa shape index (κ2) is 5.40. The summed E-state index contributed by atoms with van der Waals surface area (Å²) in [4.78, 5) is 4.33. The number of aryl methyl sites for hydroxylation is 1. The molecule has 0 saturated heterocycles. The minimum Gasteiger partial charge on any atom is -0.454 e. The summed E-state index contributed by atoms with van der Waals surface area (Å²) in [6.45, 7) is 7.10. The molecule has 0 amide bonds. The lowest BCUT2D eigenvalue weighted by Crippen LogP contribution is -2.35. The molecule has 0 atom stereocenters. The summed E-state index contributed by atoms with van der Waals surface area (Å²) < 4.78 is 7.43. The van der Waals surface area contributed by atoms with Gasteiger partial charge in [-0.15, -0.1) is 0 Å². The monoisotopic (exact) mass is 260 g/mol. The van der Waals surface area contributed by atoms with E-state index in [0.717, 1.165) is 17.2 Å². The first-order valence-electron chi connectivity index (χ1n) is 6.29. The van der Waals surface area contributed by atoms with Crippen molar-refractivity contribution in [1.82, 2.24) is 20.1 Å². The molecule has 2 rings (SSSR count). The van der Waals surface area contributed by atoms with Gasteiger partial charge in [0, 0.05) is 31.4 Å². The Morgan fingerprint density at radius 3 is 2.74 bits per heavy atom. The smallest absolute Gasteiger partial charge is 0.165 e. The predicted octanol–water partition coefficient (Wildman–Crippen LogP) is 2.50. The number of nitrogens with one attached hydrogen (secondary N) is 1. The minimum atomic E-state index is 0.0713. The fourth-order valence-electron chi connectivity index (χ4n) is 1.56. The van der Waals surface area contributed by atoms with Gasteiger partial charge in [-0.05, 0) is 26.8 Å². The van der Waals surface area contributed by atoms with Crippen LogP contribution in [0.15, 0.2) is 30.7 Å². The number of pyridine rings is 1. The highest BCUT2D eigenvalue weighted by molar-refractivity contribution is 5.28. The number of hydrogen-bond acceptors (Lipinski definition) is 4. The highest BCUT2D eigenvalue weighted by atomic mass is 16.5. The molecule has 5 heteroatoms. The minimum absolute atomic E-state index is 0.0713. The number of rotatable bonds is 4.